The van der Waals surface area contributed by atoms with Crippen LogP contribution in [0.1, 0.15) is 55.9 Å². The highest BCUT2D eigenvalue weighted by Crippen LogP contribution is 2.58. The van der Waals surface area contributed by atoms with Crippen LogP contribution in [0.5, 0.6) is 17.2 Å². The minimum atomic E-state index is -1.29. The van der Waals surface area contributed by atoms with Gasteiger partial charge >= 0.3 is 5.97 Å². The molecule has 2 N–H and O–H groups in total. The molecule has 4 saturated carbocycles. The van der Waals surface area contributed by atoms with Gasteiger partial charge < -0.3 is 24.6 Å². The molecule has 5 fully saturated rings. The number of pyridine rings is 1. The van der Waals surface area contributed by atoms with Crippen LogP contribution in [0.2, 0.25) is 5.02 Å². The Hall–Kier alpha value is -3.53. The van der Waals surface area contributed by atoms with E-state index >= 15 is 0 Å². The van der Waals surface area contributed by atoms with Gasteiger partial charge in [-0.25, -0.2) is 9.78 Å². The van der Waals surface area contributed by atoms with Crippen molar-refractivity contribution in [3.05, 3.63) is 59.2 Å². The van der Waals surface area contributed by atoms with Crippen molar-refractivity contribution in [1.29, 1.82) is 0 Å². The average Bonchev–Trinajstić information content (AvgIpc) is 3.53. The summed E-state index contributed by atoms with van der Waals surface area (Å²) in [7, 11) is 3.19. The monoisotopic (exact) mass is 695 g/mol. The molecular formula is C37H43Cl2N3O6. The molecule has 1 aliphatic heterocycles. The Morgan fingerprint density at radius 3 is 2.23 bits per heavy atom. The summed E-state index contributed by atoms with van der Waals surface area (Å²) >= 11 is 6.66. The number of carboxylic acids is 1. The Labute approximate surface area is 292 Å². The Morgan fingerprint density at radius 1 is 0.979 bits per heavy atom. The molecule has 0 radical (unpaired) electrons. The third-order valence-corrected chi connectivity index (χ3v) is 11.4. The minimum absolute atomic E-state index is 0. The summed E-state index contributed by atoms with van der Waals surface area (Å²) in [6.45, 7) is 4.89. The van der Waals surface area contributed by atoms with E-state index in [9.17, 15) is 14.7 Å². The van der Waals surface area contributed by atoms with Crippen LogP contribution in [0.4, 0.5) is 0 Å². The maximum atomic E-state index is 14.1. The Morgan fingerprint density at radius 2 is 1.65 bits per heavy atom. The van der Waals surface area contributed by atoms with Crippen LogP contribution in [0.3, 0.4) is 0 Å². The zero-order valence-electron chi connectivity index (χ0n) is 27.5. The maximum Gasteiger partial charge on any atom is 0.330 e. The van der Waals surface area contributed by atoms with Crippen molar-refractivity contribution in [1.82, 2.24) is 15.2 Å². The lowest BCUT2D eigenvalue weighted by molar-refractivity contribution is -0.163. The zero-order chi connectivity index (χ0) is 32.9. The van der Waals surface area contributed by atoms with E-state index in [-0.39, 0.29) is 36.0 Å². The Kier molecular flexibility index (Phi) is 9.85. The van der Waals surface area contributed by atoms with Crippen molar-refractivity contribution in [3.63, 3.8) is 0 Å². The molecule has 2 aromatic carbocycles. The highest BCUT2D eigenvalue weighted by atomic mass is 35.5. The fourth-order valence-electron chi connectivity index (χ4n) is 9.01. The number of likely N-dealkylation sites (N-methyl/N-ethyl adjacent to an activating group) is 1. The Balaban J connectivity index is 0.00000401. The van der Waals surface area contributed by atoms with Crippen molar-refractivity contribution < 1.29 is 28.9 Å². The number of aliphatic carboxylic acids is 1. The average molecular weight is 697 g/mol. The first-order valence-electron chi connectivity index (χ1n) is 16.7. The number of aromatic nitrogens is 1. The first kappa shape index (κ1) is 34.3. The number of halogens is 2. The van der Waals surface area contributed by atoms with Gasteiger partial charge in [0, 0.05) is 24.2 Å². The number of likely N-dealkylation sites (tertiary alicyclic amines) is 1. The summed E-state index contributed by atoms with van der Waals surface area (Å²) in [5.74, 6) is 1.23. The number of methoxy groups -OCH3 is 2. The summed E-state index contributed by atoms with van der Waals surface area (Å²) in [6, 6.07) is 14.5. The molecule has 256 valence electrons. The van der Waals surface area contributed by atoms with Crippen LogP contribution >= 0.6 is 24.0 Å². The van der Waals surface area contributed by atoms with Crippen molar-refractivity contribution >= 4 is 35.9 Å². The number of amides is 1. The van der Waals surface area contributed by atoms with E-state index in [1.54, 1.807) is 26.4 Å². The molecule has 1 aromatic heterocycles. The first-order valence-corrected chi connectivity index (χ1v) is 17.1. The summed E-state index contributed by atoms with van der Waals surface area (Å²) in [5, 5.41) is 14.2. The fraction of sp³-hybridized carbons (Fsp3) is 0.486. The van der Waals surface area contributed by atoms with Gasteiger partial charge in [-0.2, -0.15) is 0 Å². The van der Waals surface area contributed by atoms with E-state index in [1.165, 1.54) is 6.42 Å². The van der Waals surface area contributed by atoms with Gasteiger partial charge in [0.05, 0.1) is 30.5 Å². The van der Waals surface area contributed by atoms with Crippen LogP contribution in [-0.2, 0) is 4.79 Å². The van der Waals surface area contributed by atoms with Crippen molar-refractivity contribution in [3.8, 4) is 39.6 Å². The molecule has 8 rings (SSSR count). The zero-order valence-corrected chi connectivity index (χ0v) is 29.1. The van der Waals surface area contributed by atoms with E-state index in [2.05, 4.69) is 17.1 Å². The van der Waals surface area contributed by atoms with Gasteiger partial charge in [-0.15, -0.1) is 12.4 Å². The van der Waals surface area contributed by atoms with Gasteiger partial charge in [-0.3, -0.25) is 9.69 Å². The molecule has 48 heavy (non-hydrogen) atoms. The summed E-state index contributed by atoms with van der Waals surface area (Å²) in [5.41, 5.74) is 1.41. The number of ether oxygens (including phenoxy) is 3. The maximum absolute atomic E-state index is 14.1. The first-order chi connectivity index (χ1) is 22.7. The lowest BCUT2D eigenvalue weighted by Crippen LogP contribution is -2.70. The SMILES string of the molecule is CCN1CCC(Oc2cc(-c3nc(C(=O)NC4(C(=O)O)C5CC6CC(C5)CC4C6)ccc3-c3c(OC)cccc3OC)ccc2Cl)C1.Cl. The van der Waals surface area contributed by atoms with E-state index in [0.717, 1.165) is 51.7 Å². The molecule has 3 aromatic rings. The standard InChI is InChI=1S/C37H42ClN3O6.ClH/c1-4-41-13-12-26(20-41)47-32-19-23(8-10-28(32)38)34-27(33-30(45-2)6-5-7-31(33)46-3)9-11-29(39-34)35(42)40-37(36(43)44)24-15-21-14-22(17-24)18-25(37)16-21;/h5-11,19,21-22,24-26H,4,12-18,20H2,1-3H3,(H,40,42)(H,43,44);1H. The lowest BCUT2D eigenvalue weighted by atomic mass is 9.48. The van der Waals surface area contributed by atoms with Gasteiger partial charge in [-0.05, 0) is 105 Å². The topological polar surface area (TPSA) is 110 Å². The molecule has 2 heterocycles. The molecule has 11 heteroatoms. The molecule has 1 atom stereocenters. The van der Waals surface area contributed by atoms with Gasteiger partial charge in [0.2, 0.25) is 0 Å². The van der Waals surface area contributed by atoms with Gasteiger partial charge in [-0.1, -0.05) is 30.7 Å². The second-order valence-electron chi connectivity index (χ2n) is 13.6. The molecule has 5 aliphatic rings. The second-order valence-corrected chi connectivity index (χ2v) is 14.0. The molecule has 9 nitrogen and oxygen atoms in total. The number of carbonyl (C=O) groups is 2. The molecule has 1 saturated heterocycles. The van der Waals surface area contributed by atoms with E-state index in [0.29, 0.717) is 56.5 Å². The van der Waals surface area contributed by atoms with Crippen molar-refractivity contribution in [2.45, 2.75) is 57.1 Å². The van der Waals surface area contributed by atoms with E-state index in [4.69, 9.17) is 30.8 Å². The number of nitrogens with zero attached hydrogens (tertiary/aromatic N) is 2. The molecule has 1 amide bonds. The number of nitrogens with one attached hydrogen (secondary N) is 1. The molecule has 4 aliphatic carbocycles. The third kappa shape index (κ3) is 5.98. The van der Waals surface area contributed by atoms with Crippen LogP contribution in [0, 0.1) is 23.7 Å². The molecule has 4 bridgehead atoms. The number of rotatable bonds is 10. The predicted molar refractivity (Wildman–Crippen MR) is 186 cm³/mol. The highest BCUT2D eigenvalue weighted by Gasteiger charge is 2.62. The van der Waals surface area contributed by atoms with E-state index < -0.39 is 17.4 Å². The quantitative estimate of drug-likeness (QED) is 0.234. The second kappa shape index (κ2) is 13.8. The number of benzene rings is 2. The number of hydrogen-bond acceptors (Lipinski definition) is 7. The predicted octanol–water partition coefficient (Wildman–Crippen LogP) is 6.99. The normalized spacial score (nSPS) is 27.3. The minimum Gasteiger partial charge on any atom is -0.496 e. The number of hydrogen-bond donors (Lipinski definition) is 2. The van der Waals surface area contributed by atoms with Gasteiger partial charge in [0.15, 0.2) is 0 Å². The van der Waals surface area contributed by atoms with E-state index in [1.807, 2.05) is 36.4 Å². The summed E-state index contributed by atoms with van der Waals surface area (Å²) in [6.07, 6.45) is 5.46. The van der Waals surface area contributed by atoms with Crippen molar-refractivity contribution in [2.24, 2.45) is 23.7 Å². The van der Waals surface area contributed by atoms with Crippen LogP contribution in [0.25, 0.3) is 22.4 Å². The largest absolute Gasteiger partial charge is 0.496 e. The third-order valence-electron chi connectivity index (χ3n) is 11.1. The van der Waals surface area contributed by atoms with Crippen LogP contribution < -0.4 is 19.5 Å². The van der Waals surface area contributed by atoms with Crippen molar-refractivity contribution in [2.75, 3.05) is 33.9 Å². The number of carboxylic acid groups (broad SMARTS) is 1. The fourth-order valence-corrected chi connectivity index (χ4v) is 9.17. The summed E-state index contributed by atoms with van der Waals surface area (Å²) in [4.78, 5) is 34.4. The lowest BCUT2D eigenvalue weighted by Gasteiger charge is -2.59. The van der Waals surface area contributed by atoms with Crippen LogP contribution in [0.15, 0.2) is 48.5 Å². The molecule has 0 spiro atoms. The Bertz CT molecular complexity index is 1650. The smallest absolute Gasteiger partial charge is 0.330 e. The molecule has 1 unspecified atom stereocenters. The summed E-state index contributed by atoms with van der Waals surface area (Å²) < 4.78 is 17.9. The highest BCUT2D eigenvalue weighted by molar-refractivity contribution is 6.32. The number of carbonyl (C=O) groups excluding carboxylic acids is 1. The molecular weight excluding hydrogens is 653 g/mol. The van der Waals surface area contributed by atoms with Crippen LogP contribution in [-0.4, -0.2) is 72.4 Å². The van der Waals surface area contributed by atoms with Gasteiger partial charge in [0.1, 0.15) is 34.6 Å². The van der Waals surface area contributed by atoms with Gasteiger partial charge in [0.25, 0.3) is 5.91 Å².